The van der Waals surface area contributed by atoms with E-state index in [0.29, 0.717) is 30.9 Å². The van der Waals surface area contributed by atoms with Gasteiger partial charge in [-0.1, -0.05) is 20.8 Å². The Hall–Kier alpha value is -1.94. The van der Waals surface area contributed by atoms with Crippen LogP contribution in [-0.2, 0) is 27.2 Å². The Balaban J connectivity index is 2.14. The molecule has 2 amide bonds. The smallest absolute Gasteiger partial charge is 0.408 e. The van der Waals surface area contributed by atoms with Crippen molar-refractivity contribution in [3.63, 3.8) is 0 Å². The minimum atomic E-state index is -1.12. The van der Waals surface area contributed by atoms with Gasteiger partial charge in [0.05, 0.1) is 6.10 Å². The lowest BCUT2D eigenvalue weighted by molar-refractivity contribution is -0.178. The highest BCUT2D eigenvalue weighted by Crippen LogP contribution is 2.51. The van der Waals surface area contributed by atoms with Gasteiger partial charge in [0.25, 0.3) is 0 Å². The highest BCUT2D eigenvalue weighted by Gasteiger charge is 2.66. The van der Waals surface area contributed by atoms with Crippen molar-refractivity contribution in [3.05, 3.63) is 10.6 Å². The third kappa shape index (κ3) is 4.85. The maximum Gasteiger partial charge on any atom is 0.408 e. The number of nitrogens with one attached hydrogen (secondary N) is 3. The van der Waals surface area contributed by atoms with Crippen LogP contribution in [0, 0.1) is 10.2 Å². The first-order valence-corrected chi connectivity index (χ1v) is 10.8. The first kappa shape index (κ1) is 24.3. The third-order valence-electron chi connectivity index (χ3n) is 5.64. The molecule has 1 heterocycles. The number of nitrogens with zero attached hydrogens (tertiary/aromatic N) is 2. The first-order valence-electron chi connectivity index (χ1n) is 10.4. The quantitative estimate of drug-likeness (QED) is 0.535. The second kappa shape index (κ2) is 9.05. The molecule has 170 valence electrons. The highest BCUT2D eigenvalue weighted by atomic mass is 32.1. The first-order chi connectivity index (χ1) is 13.9. The Morgan fingerprint density at radius 3 is 2.53 bits per heavy atom. The van der Waals surface area contributed by atoms with Gasteiger partial charge >= 0.3 is 6.09 Å². The SMILES string of the molecule is CCOC1CC(NC(=O)OC(C)(C)C)(C(=O)NCCn2c(CC)n[nH]c2=S)C1(C)C. The van der Waals surface area contributed by atoms with E-state index in [1.807, 2.05) is 32.3 Å². The maximum atomic E-state index is 13.3. The normalized spacial score (nSPS) is 22.8. The molecule has 3 N–H and O–H groups in total. The molecule has 1 fully saturated rings. The number of aromatic nitrogens is 3. The second-order valence-electron chi connectivity index (χ2n) is 9.11. The summed E-state index contributed by atoms with van der Waals surface area (Å²) in [5, 5.41) is 12.7. The van der Waals surface area contributed by atoms with Gasteiger partial charge in [-0.15, -0.1) is 0 Å². The maximum absolute atomic E-state index is 13.3. The van der Waals surface area contributed by atoms with Gasteiger partial charge in [-0.3, -0.25) is 9.89 Å². The molecule has 1 aliphatic rings. The number of hydrogen-bond acceptors (Lipinski definition) is 6. The molecule has 0 bridgehead atoms. The van der Waals surface area contributed by atoms with Crippen molar-refractivity contribution in [2.75, 3.05) is 13.2 Å². The molecule has 1 saturated carbocycles. The Morgan fingerprint density at radius 1 is 1.33 bits per heavy atom. The predicted molar refractivity (Wildman–Crippen MR) is 116 cm³/mol. The van der Waals surface area contributed by atoms with E-state index in [-0.39, 0.29) is 12.0 Å². The van der Waals surface area contributed by atoms with E-state index in [4.69, 9.17) is 21.7 Å². The Kier molecular flexibility index (Phi) is 7.34. The number of rotatable bonds is 8. The van der Waals surface area contributed by atoms with E-state index in [2.05, 4.69) is 20.8 Å². The van der Waals surface area contributed by atoms with Crippen LogP contribution in [0.2, 0.25) is 0 Å². The fourth-order valence-electron chi connectivity index (χ4n) is 3.82. The van der Waals surface area contributed by atoms with E-state index in [9.17, 15) is 9.59 Å². The van der Waals surface area contributed by atoms with Crippen LogP contribution in [0.4, 0.5) is 4.79 Å². The summed E-state index contributed by atoms with van der Waals surface area (Å²) in [5.41, 5.74) is -2.39. The molecule has 0 radical (unpaired) electrons. The summed E-state index contributed by atoms with van der Waals surface area (Å²) in [7, 11) is 0. The fourth-order valence-corrected chi connectivity index (χ4v) is 4.07. The van der Waals surface area contributed by atoms with Crippen molar-refractivity contribution in [1.29, 1.82) is 0 Å². The molecular formula is C20H35N5O4S. The number of amides is 2. The summed E-state index contributed by atoms with van der Waals surface area (Å²) in [6.45, 7) is 14.5. The van der Waals surface area contributed by atoms with Crippen molar-refractivity contribution in [1.82, 2.24) is 25.4 Å². The highest BCUT2D eigenvalue weighted by molar-refractivity contribution is 7.71. The Labute approximate surface area is 183 Å². The van der Waals surface area contributed by atoms with E-state index in [1.165, 1.54) is 0 Å². The van der Waals surface area contributed by atoms with Crippen LogP contribution in [-0.4, -0.2) is 57.2 Å². The third-order valence-corrected chi connectivity index (χ3v) is 5.95. The summed E-state index contributed by atoms with van der Waals surface area (Å²) < 4.78 is 13.6. The molecule has 1 aromatic heterocycles. The van der Waals surface area contributed by atoms with Gasteiger partial charge in [0.2, 0.25) is 5.91 Å². The number of hydrogen-bond donors (Lipinski definition) is 3. The average molecular weight is 442 g/mol. The minimum Gasteiger partial charge on any atom is -0.444 e. The van der Waals surface area contributed by atoms with Gasteiger partial charge in [-0.05, 0) is 39.9 Å². The number of ether oxygens (including phenoxy) is 2. The standard InChI is InChI=1S/C20H35N5O4S/c1-8-14-23-24-16(30)25(14)11-10-21-15(26)20(22-17(27)29-18(3,4)5)12-13(28-9-2)19(20,6)7/h13H,8-12H2,1-7H3,(H,21,26)(H,22,27)(H,24,30). The van der Waals surface area contributed by atoms with Crippen LogP contribution < -0.4 is 10.6 Å². The predicted octanol–water partition coefficient (Wildman–Crippen LogP) is 2.72. The van der Waals surface area contributed by atoms with Gasteiger partial charge in [0, 0.05) is 38.0 Å². The second-order valence-corrected chi connectivity index (χ2v) is 9.49. The minimum absolute atomic E-state index is 0.141. The largest absolute Gasteiger partial charge is 0.444 e. The number of H-pyrrole nitrogens is 1. The van der Waals surface area contributed by atoms with Gasteiger partial charge in [0.15, 0.2) is 4.77 Å². The Bertz CT molecular complexity index is 826. The monoisotopic (exact) mass is 441 g/mol. The lowest BCUT2D eigenvalue weighted by Gasteiger charge is -2.59. The summed E-state index contributed by atoms with van der Waals surface area (Å²) in [4.78, 5) is 25.8. The summed E-state index contributed by atoms with van der Waals surface area (Å²) in [6.07, 6.45) is 0.349. The zero-order valence-corrected chi connectivity index (χ0v) is 19.9. The van der Waals surface area contributed by atoms with Crippen molar-refractivity contribution in [2.45, 2.75) is 85.1 Å². The van der Waals surface area contributed by atoms with Crippen LogP contribution in [0.5, 0.6) is 0 Å². The number of alkyl carbamates (subject to hydrolysis) is 1. The molecule has 0 aromatic carbocycles. The molecule has 10 heteroatoms. The lowest BCUT2D eigenvalue weighted by atomic mass is 9.53. The number of aryl methyl sites for hydroxylation is 1. The van der Waals surface area contributed by atoms with Crippen LogP contribution in [0.15, 0.2) is 0 Å². The molecule has 0 aliphatic heterocycles. The van der Waals surface area contributed by atoms with E-state index in [0.717, 1.165) is 12.2 Å². The van der Waals surface area contributed by atoms with Crippen molar-refractivity contribution in [2.24, 2.45) is 5.41 Å². The van der Waals surface area contributed by atoms with E-state index in [1.54, 1.807) is 20.8 Å². The topological polar surface area (TPSA) is 110 Å². The molecule has 1 aliphatic carbocycles. The zero-order chi connectivity index (χ0) is 22.7. The molecule has 9 nitrogen and oxygen atoms in total. The summed E-state index contributed by atoms with van der Waals surface area (Å²) in [6, 6.07) is 0. The Morgan fingerprint density at radius 2 is 2.00 bits per heavy atom. The van der Waals surface area contributed by atoms with Crippen LogP contribution in [0.1, 0.15) is 60.7 Å². The fraction of sp³-hybridized carbons (Fsp3) is 0.800. The lowest BCUT2D eigenvalue weighted by Crippen LogP contribution is -2.78. The number of carbonyl (C=O) groups excluding carboxylic acids is 2. The molecule has 2 unspecified atom stereocenters. The van der Waals surface area contributed by atoms with Crippen molar-refractivity contribution < 1.29 is 19.1 Å². The van der Waals surface area contributed by atoms with Gasteiger partial charge < -0.3 is 24.7 Å². The molecule has 2 rings (SSSR count). The molecule has 0 spiro atoms. The number of carbonyl (C=O) groups is 2. The molecule has 1 aromatic rings. The van der Waals surface area contributed by atoms with Crippen LogP contribution >= 0.6 is 12.2 Å². The van der Waals surface area contributed by atoms with Crippen LogP contribution in [0.25, 0.3) is 0 Å². The molecule has 30 heavy (non-hydrogen) atoms. The number of aromatic amines is 1. The van der Waals surface area contributed by atoms with E-state index < -0.39 is 22.6 Å². The zero-order valence-electron chi connectivity index (χ0n) is 19.0. The summed E-state index contributed by atoms with van der Waals surface area (Å²) in [5.74, 6) is 0.568. The van der Waals surface area contributed by atoms with E-state index >= 15 is 0 Å². The molecule has 0 saturated heterocycles. The van der Waals surface area contributed by atoms with Gasteiger partial charge in [-0.25, -0.2) is 4.79 Å². The molecular weight excluding hydrogens is 406 g/mol. The van der Waals surface area contributed by atoms with Gasteiger partial charge in [-0.2, -0.15) is 5.10 Å². The van der Waals surface area contributed by atoms with Crippen molar-refractivity contribution in [3.8, 4) is 0 Å². The van der Waals surface area contributed by atoms with Crippen molar-refractivity contribution >= 4 is 24.2 Å². The van der Waals surface area contributed by atoms with Gasteiger partial charge in [0.1, 0.15) is 17.0 Å². The average Bonchev–Trinajstić information content (AvgIpc) is 2.98. The van der Waals surface area contributed by atoms with Crippen LogP contribution in [0.3, 0.4) is 0 Å². The molecule has 2 atom stereocenters. The summed E-state index contributed by atoms with van der Waals surface area (Å²) >= 11 is 5.26.